The third-order valence-corrected chi connectivity index (χ3v) is 4.92. The average molecular weight is 252 g/mol. The second-order valence-electron chi connectivity index (χ2n) is 5.21. The molecule has 0 spiro atoms. The Morgan fingerprint density at radius 1 is 1.41 bits per heavy atom. The Hall–Kier alpha value is -0.410. The van der Waals surface area contributed by atoms with Gasteiger partial charge in [-0.05, 0) is 31.6 Å². The van der Waals surface area contributed by atoms with Crippen LogP contribution in [0.25, 0.3) is 0 Å². The number of aryl methyl sites for hydroxylation is 1. The van der Waals surface area contributed by atoms with Crippen LogP contribution in [-0.4, -0.2) is 4.98 Å². The SMILES string of the molecule is CCCC1CCc2nc(C(N)CCC)sc2C1. The number of thiazole rings is 1. The Labute approximate surface area is 109 Å². The maximum absolute atomic E-state index is 6.16. The van der Waals surface area contributed by atoms with Crippen LogP contribution in [0.5, 0.6) is 0 Å². The Kier molecular flexibility index (Phi) is 4.57. The van der Waals surface area contributed by atoms with Gasteiger partial charge in [0.15, 0.2) is 0 Å². The van der Waals surface area contributed by atoms with E-state index in [0.717, 1.165) is 18.8 Å². The predicted octanol–water partition coefficient (Wildman–Crippen LogP) is 3.85. The first-order valence-corrected chi connectivity index (χ1v) is 7.80. The zero-order valence-electron chi connectivity index (χ0n) is 11.0. The van der Waals surface area contributed by atoms with Crippen LogP contribution in [0.3, 0.4) is 0 Å². The number of aromatic nitrogens is 1. The number of nitrogens with two attached hydrogens (primary N) is 1. The minimum atomic E-state index is 0.167. The molecular formula is C14H24N2S. The number of fused-ring (bicyclic) bond motifs is 1. The summed E-state index contributed by atoms with van der Waals surface area (Å²) in [5, 5.41) is 1.17. The number of rotatable bonds is 5. The summed E-state index contributed by atoms with van der Waals surface area (Å²) in [5.74, 6) is 0.892. The van der Waals surface area contributed by atoms with Crippen molar-refractivity contribution in [3.05, 3.63) is 15.6 Å². The number of hydrogen-bond donors (Lipinski definition) is 1. The van der Waals surface area contributed by atoms with Gasteiger partial charge >= 0.3 is 0 Å². The molecule has 0 bridgehead atoms. The van der Waals surface area contributed by atoms with Gasteiger partial charge in [-0.3, -0.25) is 0 Å². The van der Waals surface area contributed by atoms with Crippen molar-refractivity contribution in [1.29, 1.82) is 0 Å². The summed E-state index contributed by atoms with van der Waals surface area (Å²) in [5.41, 5.74) is 7.51. The summed E-state index contributed by atoms with van der Waals surface area (Å²) in [6, 6.07) is 0.167. The van der Waals surface area contributed by atoms with Gasteiger partial charge in [-0.15, -0.1) is 11.3 Å². The molecule has 2 N–H and O–H groups in total. The van der Waals surface area contributed by atoms with Crippen molar-refractivity contribution in [3.63, 3.8) is 0 Å². The molecule has 2 nitrogen and oxygen atoms in total. The summed E-state index contributed by atoms with van der Waals surface area (Å²) in [7, 11) is 0. The quantitative estimate of drug-likeness (QED) is 0.864. The van der Waals surface area contributed by atoms with Crippen LogP contribution in [0.4, 0.5) is 0 Å². The van der Waals surface area contributed by atoms with Crippen LogP contribution >= 0.6 is 11.3 Å². The molecule has 2 atom stereocenters. The van der Waals surface area contributed by atoms with Gasteiger partial charge in [-0.2, -0.15) is 0 Å². The van der Waals surface area contributed by atoms with Crippen LogP contribution < -0.4 is 5.73 Å². The van der Waals surface area contributed by atoms with E-state index in [1.807, 2.05) is 11.3 Å². The van der Waals surface area contributed by atoms with E-state index in [2.05, 4.69) is 13.8 Å². The molecule has 1 aromatic rings. The maximum Gasteiger partial charge on any atom is 0.110 e. The van der Waals surface area contributed by atoms with Gasteiger partial charge in [-0.1, -0.05) is 33.1 Å². The van der Waals surface area contributed by atoms with Gasteiger partial charge in [0.2, 0.25) is 0 Å². The smallest absolute Gasteiger partial charge is 0.110 e. The molecule has 0 amide bonds. The molecule has 17 heavy (non-hydrogen) atoms. The highest BCUT2D eigenvalue weighted by Gasteiger charge is 2.23. The second kappa shape index (κ2) is 5.96. The fraction of sp³-hybridized carbons (Fsp3) is 0.786. The van der Waals surface area contributed by atoms with Crippen molar-refractivity contribution in [2.45, 2.75) is 64.8 Å². The van der Waals surface area contributed by atoms with Gasteiger partial charge in [0.05, 0.1) is 11.7 Å². The molecule has 3 heteroatoms. The fourth-order valence-electron chi connectivity index (χ4n) is 2.71. The summed E-state index contributed by atoms with van der Waals surface area (Å²) in [4.78, 5) is 6.28. The first-order chi connectivity index (χ1) is 8.24. The molecule has 0 saturated heterocycles. The molecule has 96 valence electrons. The van der Waals surface area contributed by atoms with E-state index < -0.39 is 0 Å². The predicted molar refractivity (Wildman–Crippen MR) is 74.4 cm³/mol. The Morgan fingerprint density at radius 2 is 2.24 bits per heavy atom. The van der Waals surface area contributed by atoms with E-state index in [-0.39, 0.29) is 6.04 Å². The minimum absolute atomic E-state index is 0.167. The van der Waals surface area contributed by atoms with Gasteiger partial charge in [0.1, 0.15) is 5.01 Å². The van der Waals surface area contributed by atoms with Gasteiger partial charge in [-0.25, -0.2) is 4.98 Å². The molecule has 1 aliphatic rings. The molecule has 2 rings (SSSR count). The zero-order valence-corrected chi connectivity index (χ0v) is 11.9. The average Bonchev–Trinajstić information content (AvgIpc) is 2.73. The Bertz CT molecular complexity index is 359. The summed E-state index contributed by atoms with van der Waals surface area (Å²) >= 11 is 1.88. The molecule has 2 unspecified atom stereocenters. The molecule has 1 heterocycles. The molecule has 1 aromatic heterocycles. The molecule has 0 radical (unpaired) electrons. The Morgan fingerprint density at radius 3 is 2.94 bits per heavy atom. The first kappa shape index (κ1) is 13.0. The van der Waals surface area contributed by atoms with Gasteiger partial charge < -0.3 is 5.73 Å². The third-order valence-electron chi connectivity index (χ3n) is 3.67. The molecular weight excluding hydrogens is 228 g/mol. The summed E-state index contributed by atoms with van der Waals surface area (Å²) in [6.45, 7) is 4.47. The highest BCUT2D eigenvalue weighted by atomic mass is 32.1. The van der Waals surface area contributed by atoms with E-state index in [0.29, 0.717) is 0 Å². The van der Waals surface area contributed by atoms with Crippen molar-refractivity contribution in [2.75, 3.05) is 0 Å². The lowest BCUT2D eigenvalue weighted by atomic mass is 9.88. The van der Waals surface area contributed by atoms with Gasteiger partial charge in [0, 0.05) is 4.88 Å². The lowest BCUT2D eigenvalue weighted by Gasteiger charge is -2.20. The summed E-state index contributed by atoms with van der Waals surface area (Å²) < 4.78 is 0. The van der Waals surface area contributed by atoms with Crippen LogP contribution in [0, 0.1) is 5.92 Å². The van der Waals surface area contributed by atoms with Crippen LogP contribution in [0.2, 0.25) is 0 Å². The lowest BCUT2D eigenvalue weighted by molar-refractivity contribution is 0.423. The zero-order chi connectivity index (χ0) is 12.3. The highest BCUT2D eigenvalue weighted by Crippen LogP contribution is 2.34. The van der Waals surface area contributed by atoms with Crippen molar-refractivity contribution in [3.8, 4) is 0 Å². The number of hydrogen-bond acceptors (Lipinski definition) is 3. The monoisotopic (exact) mass is 252 g/mol. The molecule has 1 aliphatic carbocycles. The highest BCUT2D eigenvalue weighted by molar-refractivity contribution is 7.11. The van der Waals surface area contributed by atoms with E-state index in [4.69, 9.17) is 10.7 Å². The topological polar surface area (TPSA) is 38.9 Å². The normalized spacial score (nSPS) is 21.2. The van der Waals surface area contributed by atoms with Crippen LogP contribution in [0.1, 0.15) is 67.6 Å². The van der Waals surface area contributed by atoms with Crippen LogP contribution in [0.15, 0.2) is 0 Å². The van der Waals surface area contributed by atoms with Crippen molar-refractivity contribution >= 4 is 11.3 Å². The third kappa shape index (κ3) is 3.08. The summed E-state index contributed by atoms with van der Waals surface area (Å²) in [6.07, 6.45) is 8.63. The largest absolute Gasteiger partial charge is 0.322 e. The van der Waals surface area contributed by atoms with Gasteiger partial charge in [0.25, 0.3) is 0 Å². The standard InChI is InChI=1S/C14H24N2S/c1-3-5-10-7-8-12-13(9-10)17-14(16-12)11(15)6-4-2/h10-11H,3-9,15H2,1-2H3. The van der Waals surface area contributed by atoms with Crippen molar-refractivity contribution < 1.29 is 0 Å². The minimum Gasteiger partial charge on any atom is -0.322 e. The van der Waals surface area contributed by atoms with E-state index >= 15 is 0 Å². The van der Waals surface area contributed by atoms with E-state index in [1.54, 1.807) is 0 Å². The molecule has 0 saturated carbocycles. The maximum atomic E-state index is 6.16. The fourth-order valence-corrected chi connectivity index (χ4v) is 3.97. The molecule has 0 aliphatic heterocycles. The van der Waals surface area contributed by atoms with Crippen molar-refractivity contribution in [2.24, 2.45) is 11.7 Å². The second-order valence-corrected chi connectivity index (χ2v) is 6.33. The first-order valence-electron chi connectivity index (χ1n) is 6.98. The van der Waals surface area contributed by atoms with Crippen LogP contribution in [-0.2, 0) is 12.8 Å². The number of nitrogens with zero attached hydrogens (tertiary/aromatic N) is 1. The Balaban J connectivity index is 2.06. The lowest BCUT2D eigenvalue weighted by Crippen LogP contribution is -2.12. The molecule has 0 aromatic carbocycles. The molecule has 0 fully saturated rings. The van der Waals surface area contributed by atoms with E-state index in [1.165, 1.54) is 47.7 Å². The van der Waals surface area contributed by atoms with Crippen molar-refractivity contribution in [1.82, 2.24) is 4.98 Å². The van der Waals surface area contributed by atoms with E-state index in [9.17, 15) is 0 Å².